The van der Waals surface area contributed by atoms with E-state index in [2.05, 4.69) is 56.1 Å². The van der Waals surface area contributed by atoms with Gasteiger partial charge in [0.25, 0.3) is 0 Å². The number of nitrogens with one attached hydrogen (secondary N) is 1. The number of piperazine rings is 1. The van der Waals surface area contributed by atoms with Crippen LogP contribution in [0.15, 0.2) is 18.2 Å². The quantitative estimate of drug-likeness (QED) is 0.881. The molecule has 1 aliphatic heterocycles. The molecule has 1 aromatic carbocycles. The molecule has 0 unspecified atom stereocenters. The summed E-state index contributed by atoms with van der Waals surface area (Å²) in [6, 6.07) is 7.63. The Balaban J connectivity index is 2.17. The van der Waals surface area contributed by atoms with Crippen LogP contribution in [0.5, 0.6) is 0 Å². The second-order valence-corrected chi connectivity index (χ2v) is 6.62. The third-order valence-electron chi connectivity index (χ3n) is 4.53. The summed E-state index contributed by atoms with van der Waals surface area (Å²) in [6.45, 7) is 13.7. The van der Waals surface area contributed by atoms with E-state index in [1.165, 1.54) is 42.6 Å². The van der Waals surface area contributed by atoms with E-state index in [9.17, 15) is 0 Å². The lowest BCUT2D eigenvalue weighted by Gasteiger charge is -2.36. The number of hydrogen-bond donors (Lipinski definition) is 1. The van der Waals surface area contributed by atoms with Crippen LogP contribution in [0.4, 0.5) is 0 Å². The molecule has 1 heterocycles. The van der Waals surface area contributed by atoms with Crippen molar-refractivity contribution in [1.82, 2.24) is 10.2 Å². The van der Waals surface area contributed by atoms with Crippen LogP contribution in [0.3, 0.4) is 0 Å². The first kappa shape index (κ1) is 15.5. The molecule has 1 aliphatic rings. The first-order valence-corrected chi connectivity index (χ1v) is 8.10. The smallest absolute Gasteiger partial charge is 0.0349 e. The highest BCUT2D eigenvalue weighted by molar-refractivity contribution is 5.31. The SMILES string of the molecule is Cc1ccc([C@H](CCC(C)C)N2CCNCC2)cc1C. The number of rotatable bonds is 5. The van der Waals surface area contributed by atoms with Crippen molar-refractivity contribution in [2.45, 2.75) is 46.6 Å². The molecule has 1 atom stereocenters. The maximum Gasteiger partial charge on any atom is 0.0349 e. The molecule has 0 spiro atoms. The topological polar surface area (TPSA) is 15.3 Å². The molecular formula is C18H30N2. The Morgan fingerprint density at radius 3 is 2.35 bits per heavy atom. The van der Waals surface area contributed by atoms with Gasteiger partial charge in [-0.25, -0.2) is 0 Å². The second kappa shape index (κ2) is 7.24. The largest absolute Gasteiger partial charge is 0.314 e. The zero-order chi connectivity index (χ0) is 14.5. The van der Waals surface area contributed by atoms with Gasteiger partial charge in [0.15, 0.2) is 0 Å². The molecule has 0 amide bonds. The third-order valence-corrected chi connectivity index (χ3v) is 4.53. The van der Waals surface area contributed by atoms with Gasteiger partial charge in [0.1, 0.15) is 0 Å². The zero-order valence-electron chi connectivity index (χ0n) is 13.6. The average Bonchev–Trinajstić information content (AvgIpc) is 2.44. The summed E-state index contributed by atoms with van der Waals surface area (Å²) in [7, 11) is 0. The van der Waals surface area contributed by atoms with Gasteiger partial charge in [-0.3, -0.25) is 4.90 Å². The molecule has 20 heavy (non-hydrogen) atoms. The second-order valence-electron chi connectivity index (χ2n) is 6.62. The van der Waals surface area contributed by atoms with Crippen molar-refractivity contribution in [2.75, 3.05) is 26.2 Å². The van der Waals surface area contributed by atoms with Crippen molar-refractivity contribution in [2.24, 2.45) is 5.92 Å². The fraction of sp³-hybridized carbons (Fsp3) is 0.667. The van der Waals surface area contributed by atoms with Gasteiger partial charge < -0.3 is 5.32 Å². The molecule has 0 bridgehead atoms. The highest BCUT2D eigenvalue weighted by atomic mass is 15.2. The summed E-state index contributed by atoms with van der Waals surface area (Å²) in [5, 5.41) is 3.46. The average molecular weight is 274 g/mol. The van der Waals surface area contributed by atoms with E-state index in [0.717, 1.165) is 19.0 Å². The van der Waals surface area contributed by atoms with Crippen molar-refractivity contribution in [3.63, 3.8) is 0 Å². The van der Waals surface area contributed by atoms with Gasteiger partial charge in [-0.15, -0.1) is 0 Å². The van der Waals surface area contributed by atoms with Crippen LogP contribution in [-0.2, 0) is 0 Å². The molecule has 1 aromatic rings. The summed E-state index contributed by atoms with van der Waals surface area (Å²) in [5.41, 5.74) is 4.33. The molecule has 1 N–H and O–H groups in total. The van der Waals surface area contributed by atoms with E-state index < -0.39 is 0 Å². The monoisotopic (exact) mass is 274 g/mol. The van der Waals surface area contributed by atoms with Gasteiger partial charge in [-0.05, 0) is 49.3 Å². The molecule has 2 nitrogen and oxygen atoms in total. The van der Waals surface area contributed by atoms with Crippen LogP contribution < -0.4 is 5.32 Å². The lowest BCUT2D eigenvalue weighted by Crippen LogP contribution is -2.45. The van der Waals surface area contributed by atoms with Crippen molar-refractivity contribution in [1.29, 1.82) is 0 Å². The van der Waals surface area contributed by atoms with Gasteiger partial charge >= 0.3 is 0 Å². The number of nitrogens with zero attached hydrogens (tertiary/aromatic N) is 1. The normalized spacial score (nSPS) is 18.4. The first-order chi connectivity index (χ1) is 9.58. The Bertz CT molecular complexity index is 419. The summed E-state index contributed by atoms with van der Waals surface area (Å²) in [6.07, 6.45) is 2.59. The Kier molecular flexibility index (Phi) is 5.62. The minimum Gasteiger partial charge on any atom is -0.314 e. The Morgan fingerprint density at radius 1 is 1.05 bits per heavy atom. The Morgan fingerprint density at radius 2 is 1.75 bits per heavy atom. The minimum atomic E-state index is 0.596. The molecule has 0 saturated carbocycles. The molecular weight excluding hydrogens is 244 g/mol. The maximum absolute atomic E-state index is 3.46. The standard InChI is InChI=1S/C18H30N2/c1-14(2)5-8-18(20-11-9-19-10-12-20)17-7-6-15(3)16(4)13-17/h6-7,13-14,18-19H,5,8-12H2,1-4H3/t18-/m0/s1. The molecule has 0 radical (unpaired) electrons. The van der Waals surface area contributed by atoms with E-state index in [1.807, 2.05) is 0 Å². The maximum atomic E-state index is 3.46. The van der Waals surface area contributed by atoms with Gasteiger partial charge in [0.2, 0.25) is 0 Å². The van der Waals surface area contributed by atoms with Crippen molar-refractivity contribution >= 4 is 0 Å². The van der Waals surface area contributed by atoms with Crippen molar-refractivity contribution in [3.8, 4) is 0 Å². The summed E-state index contributed by atoms with van der Waals surface area (Å²) >= 11 is 0. The number of hydrogen-bond acceptors (Lipinski definition) is 2. The third kappa shape index (κ3) is 4.07. The molecule has 2 rings (SSSR count). The van der Waals surface area contributed by atoms with Gasteiger partial charge in [0, 0.05) is 32.2 Å². The Labute approximate surface area is 124 Å². The predicted octanol–water partition coefficient (Wildman–Crippen LogP) is 3.69. The summed E-state index contributed by atoms with van der Waals surface area (Å²) in [4.78, 5) is 2.67. The fourth-order valence-corrected chi connectivity index (χ4v) is 3.02. The first-order valence-electron chi connectivity index (χ1n) is 8.10. The fourth-order valence-electron chi connectivity index (χ4n) is 3.02. The van der Waals surface area contributed by atoms with Gasteiger partial charge in [-0.2, -0.15) is 0 Å². The van der Waals surface area contributed by atoms with Crippen LogP contribution in [0.2, 0.25) is 0 Å². The van der Waals surface area contributed by atoms with E-state index >= 15 is 0 Å². The molecule has 0 aromatic heterocycles. The molecule has 112 valence electrons. The molecule has 0 aliphatic carbocycles. The Hall–Kier alpha value is -0.860. The molecule has 1 saturated heterocycles. The number of benzene rings is 1. The van der Waals surface area contributed by atoms with Crippen LogP contribution >= 0.6 is 0 Å². The summed E-state index contributed by atoms with van der Waals surface area (Å²) < 4.78 is 0. The van der Waals surface area contributed by atoms with Gasteiger partial charge in [-0.1, -0.05) is 32.0 Å². The van der Waals surface area contributed by atoms with E-state index in [4.69, 9.17) is 0 Å². The lowest BCUT2D eigenvalue weighted by atomic mass is 9.93. The molecule has 1 fully saturated rings. The zero-order valence-corrected chi connectivity index (χ0v) is 13.6. The van der Waals surface area contributed by atoms with Crippen molar-refractivity contribution in [3.05, 3.63) is 34.9 Å². The highest BCUT2D eigenvalue weighted by Gasteiger charge is 2.22. The van der Waals surface area contributed by atoms with Crippen LogP contribution in [0.1, 0.15) is 49.4 Å². The van der Waals surface area contributed by atoms with E-state index in [-0.39, 0.29) is 0 Å². The van der Waals surface area contributed by atoms with Crippen LogP contribution in [0, 0.1) is 19.8 Å². The number of aryl methyl sites for hydroxylation is 2. The van der Waals surface area contributed by atoms with Crippen LogP contribution in [-0.4, -0.2) is 31.1 Å². The predicted molar refractivity (Wildman–Crippen MR) is 87.2 cm³/mol. The highest BCUT2D eigenvalue weighted by Crippen LogP contribution is 2.29. The van der Waals surface area contributed by atoms with Crippen molar-refractivity contribution < 1.29 is 0 Å². The lowest BCUT2D eigenvalue weighted by molar-refractivity contribution is 0.159. The van der Waals surface area contributed by atoms with Crippen LogP contribution in [0.25, 0.3) is 0 Å². The van der Waals surface area contributed by atoms with E-state index in [0.29, 0.717) is 6.04 Å². The van der Waals surface area contributed by atoms with E-state index in [1.54, 1.807) is 0 Å². The van der Waals surface area contributed by atoms with Gasteiger partial charge in [0.05, 0.1) is 0 Å². The minimum absolute atomic E-state index is 0.596. The summed E-state index contributed by atoms with van der Waals surface area (Å²) in [5.74, 6) is 0.784. The molecule has 2 heteroatoms.